The van der Waals surface area contributed by atoms with Crippen molar-refractivity contribution in [3.63, 3.8) is 0 Å². The minimum Gasteiger partial charge on any atom is -0.486 e. The number of fused-ring (bicyclic) bond motifs is 1. The molecule has 0 fully saturated rings. The highest BCUT2D eigenvalue weighted by molar-refractivity contribution is 7.93. The number of amides is 1. The molecule has 0 saturated heterocycles. The maximum Gasteiger partial charge on any atom is 0.427 e. The minimum atomic E-state index is -4.82. The summed E-state index contributed by atoms with van der Waals surface area (Å²) >= 11 is 6.17. The Kier molecular flexibility index (Phi) is 8.05. The number of H-pyrrole nitrogens is 1. The van der Waals surface area contributed by atoms with Gasteiger partial charge >= 0.3 is 18.0 Å². The lowest BCUT2D eigenvalue weighted by Crippen LogP contribution is -2.44. The van der Waals surface area contributed by atoms with Crippen LogP contribution >= 0.6 is 11.6 Å². The Morgan fingerprint density at radius 2 is 2.02 bits per heavy atom. The summed E-state index contributed by atoms with van der Waals surface area (Å²) in [5, 5.41) is 12.2. The third-order valence-corrected chi connectivity index (χ3v) is 8.58. The second-order valence-corrected chi connectivity index (χ2v) is 11.9. The molecule has 2 N–H and O–H groups in total. The van der Waals surface area contributed by atoms with Gasteiger partial charge in [0.25, 0.3) is 10.0 Å². The number of nitrogens with one attached hydrogen (secondary N) is 2. The van der Waals surface area contributed by atoms with E-state index in [1.165, 1.54) is 40.7 Å². The monoisotopic (exact) mass is 621 g/mol. The van der Waals surface area contributed by atoms with Gasteiger partial charge in [0.15, 0.2) is 5.15 Å². The van der Waals surface area contributed by atoms with Crippen LogP contribution in [0.15, 0.2) is 34.1 Å². The summed E-state index contributed by atoms with van der Waals surface area (Å²) in [6.07, 6.45) is -5.09. The number of anilines is 2. The molecule has 0 saturated carbocycles. The van der Waals surface area contributed by atoms with E-state index in [2.05, 4.69) is 25.3 Å². The van der Waals surface area contributed by atoms with Crippen LogP contribution in [0, 0.1) is 0 Å². The second-order valence-electron chi connectivity index (χ2n) is 9.66. The van der Waals surface area contributed by atoms with Gasteiger partial charge in [-0.15, -0.1) is 0 Å². The molecule has 4 rings (SSSR count). The lowest BCUT2D eigenvalue weighted by atomic mass is 10.1. The largest absolute Gasteiger partial charge is 0.486 e. The summed E-state index contributed by atoms with van der Waals surface area (Å²) in [6.45, 7) is 3.30. The normalized spacial score (nSPS) is 15.8. The molecular formula is C23H27ClF3N7O6S. The molecule has 3 heterocycles. The number of sulfonamides is 1. The van der Waals surface area contributed by atoms with Gasteiger partial charge in [-0.05, 0) is 45.4 Å². The highest BCUT2D eigenvalue weighted by Gasteiger charge is 2.51. The van der Waals surface area contributed by atoms with Gasteiger partial charge in [0.05, 0.1) is 12.2 Å². The number of aryl methyl sites for hydroxylation is 2. The summed E-state index contributed by atoms with van der Waals surface area (Å²) in [7, 11) is -2.80. The van der Waals surface area contributed by atoms with Crippen molar-refractivity contribution in [3.05, 3.63) is 45.9 Å². The zero-order valence-corrected chi connectivity index (χ0v) is 23.9. The number of ether oxygens (including phenoxy) is 2. The zero-order valence-electron chi connectivity index (χ0n) is 22.3. The first kappa shape index (κ1) is 30.2. The molecule has 0 radical (unpaired) electrons. The van der Waals surface area contributed by atoms with Crippen molar-refractivity contribution in [2.75, 3.05) is 16.2 Å². The quantitative estimate of drug-likeness (QED) is 0.388. The minimum absolute atomic E-state index is 0.00150. The van der Waals surface area contributed by atoms with Crippen molar-refractivity contribution in [3.8, 4) is 5.75 Å². The number of aromatic nitrogens is 5. The van der Waals surface area contributed by atoms with Gasteiger partial charge in [0, 0.05) is 31.9 Å². The van der Waals surface area contributed by atoms with Crippen molar-refractivity contribution in [1.82, 2.24) is 24.5 Å². The maximum atomic E-state index is 13.8. The molecule has 3 aromatic rings. The van der Waals surface area contributed by atoms with E-state index < -0.39 is 39.7 Å². The van der Waals surface area contributed by atoms with Crippen LogP contribution in [0.4, 0.5) is 29.3 Å². The smallest absolute Gasteiger partial charge is 0.427 e. The Morgan fingerprint density at radius 3 is 2.61 bits per heavy atom. The third-order valence-electron chi connectivity index (χ3n) is 6.41. The van der Waals surface area contributed by atoms with Gasteiger partial charge in [-0.25, -0.2) is 23.1 Å². The molecule has 1 aliphatic rings. The van der Waals surface area contributed by atoms with Crippen LogP contribution in [0.25, 0.3) is 0 Å². The van der Waals surface area contributed by atoms with E-state index in [1.54, 1.807) is 6.92 Å². The molecule has 1 atom stereocenters. The number of hydrogen-bond donors (Lipinski definition) is 2. The number of carbonyl (C=O) groups is 1. The van der Waals surface area contributed by atoms with E-state index in [-0.39, 0.29) is 46.6 Å². The van der Waals surface area contributed by atoms with E-state index in [4.69, 9.17) is 16.3 Å². The van der Waals surface area contributed by atoms with Gasteiger partial charge in [0.1, 0.15) is 22.6 Å². The molecule has 2 aromatic heterocycles. The Hall–Kier alpha value is -3.73. The van der Waals surface area contributed by atoms with Crippen molar-refractivity contribution in [2.24, 2.45) is 7.05 Å². The Morgan fingerprint density at radius 1 is 1.32 bits per heavy atom. The molecular weight excluding hydrogens is 595 g/mol. The topological polar surface area (TPSA) is 153 Å². The fraction of sp³-hybridized carbons (Fsp3) is 0.478. The summed E-state index contributed by atoms with van der Waals surface area (Å²) in [6, 6.07) is 3.93. The van der Waals surface area contributed by atoms with E-state index in [9.17, 15) is 31.2 Å². The lowest BCUT2D eigenvalue weighted by Gasteiger charge is -2.35. The number of halogens is 4. The van der Waals surface area contributed by atoms with E-state index in [0.29, 0.717) is 26.2 Å². The highest BCUT2D eigenvalue weighted by atomic mass is 35.5. The average Bonchev–Trinajstić information content (AvgIpc) is 3.42. The van der Waals surface area contributed by atoms with Crippen molar-refractivity contribution in [2.45, 2.75) is 62.9 Å². The van der Waals surface area contributed by atoms with Crippen molar-refractivity contribution in [1.29, 1.82) is 0 Å². The van der Waals surface area contributed by atoms with E-state index >= 15 is 0 Å². The summed E-state index contributed by atoms with van der Waals surface area (Å²) in [5.41, 5.74) is -3.22. The van der Waals surface area contributed by atoms with Crippen LogP contribution in [0.5, 0.6) is 5.75 Å². The Balaban J connectivity index is 1.66. The van der Waals surface area contributed by atoms with Crippen LogP contribution in [-0.2, 0) is 34.8 Å². The molecule has 41 heavy (non-hydrogen) atoms. The molecule has 0 bridgehead atoms. The maximum absolute atomic E-state index is 13.8. The predicted octanol–water partition coefficient (Wildman–Crippen LogP) is 3.46. The first-order valence-corrected chi connectivity index (χ1v) is 14.1. The predicted molar refractivity (Wildman–Crippen MR) is 141 cm³/mol. The van der Waals surface area contributed by atoms with Crippen LogP contribution in [-0.4, -0.2) is 63.5 Å². The lowest BCUT2D eigenvalue weighted by molar-refractivity contribution is -0.242. The SMILES string of the molecule is CCn1cc(S(=O)(=O)N2C[C@H](CCc3n[nH]c(=O)n3C)Oc3ccc(NC(=O)OC(C)(C)C(F)(F)F)cc32)c(Cl)n1. The van der Waals surface area contributed by atoms with Crippen LogP contribution < -0.4 is 20.0 Å². The van der Waals surface area contributed by atoms with Gasteiger partial charge in [-0.1, -0.05) is 11.6 Å². The van der Waals surface area contributed by atoms with Crippen LogP contribution in [0.1, 0.15) is 33.0 Å². The Bertz CT molecular complexity index is 1620. The van der Waals surface area contributed by atoms with E-state index in [0.717, 1.165) is 4.31 Å². The fourth-order valence-corrected chi connectivity index (χ4v) is 5.88. The zero-order chi connectivity index (χ0) is 30.3. The molecule has 1 aromatic carbocycles. The number of aromatic amines is 1. The standard InChI is InChI=1S/C23H27ClF3N7O6S/c1-5-33-12-17(19(24)31-33)41(37,38)34-11-14(7-9-18-29-30-20(35)32(18)4)39-16-8-6-13(10-15(16)34)28-21(36)40-22(2,3)23(25,26)27/h6,8,10,12,14H,5,7,9,11H2,1-4H3,(H,28,36)(H,30,35)/t14-/m0/s1. The van der Waals surface area contributed by atoms with Crippen molar-refractivity contribution < 1.29 is 35.9 Å². The van der Waals surface area contributed by atoms with E-state index in [1.807, 2.05) is 0 Å². The molecule has 0 unspecified atom stereocenters. The van der Waals surface area contributed by atoms with Crippen LogP contribution in [0.2, 0.25) is 5.15 Å². The van der Waals surface area contributed by atoms with Crippen LogP contribution in [0.3, 0.4) is 0 Å². The molecule has 0 spiro atoms. The number of hydrogen-bond acceptors (Lipinski definition) is 8. The molecule has 224 valence electrons. The van der Waals surface area contributed by atoms with Gasteiger partial charge < -0.3 is 9.47 Å². The first-order valence-electron chi connectivity index (χ1n) is 12.3. The Labute approximate surface area is 237 Å². The summed E-state index contributed by atoms with van der Waals surface area (Å²) in [5.74, 6) is 0.556. The van der Waals surface area contributed by atoms with Gasteiger partial charge in [-0.2, -0.15) is 23.4 Å². The highest BCUT2D eigenvalue weighted by Crippen LogP contribution is 2.41. The third kappa shape index (κ3) is 6.14. The number of carbonyl (C=O) groups excluding carboxylic acids is 1. The molecule has 18 heteroatoms. The second kappa shape index (κ2) is 10.9. The number of rotatable bonds is 8. The summed E-state index contributed by atoms with van der Waals surface area (Å²) in [4.78, 5) is 23.7. The molecule has 0 aliphatic carbocycles. The number of nitrogens with zero attached hydrogens (tertiary/aromatic N) is 5. The molecule has 1 amide bonds. The number of alkyl halides is 3. The average molecular weight is 622 g/mol. The molecule has 13 nitrogen and oxygen atoms in total. The first-order chi connectivity index (χ1) is 19.0. The van der Waals surface area contributed by atoms with Gasteiger partial charge in [0.2, 0.25) is 5.60 Å². The fourth-order valence-electron chi connectivity index (χ4n) is 3.93. The number of benzene rings is 1. The van der Waals surface area contributed by atoms with Crippen molar-refractivity contribution >= 4 is 39.1 Å². The molecule has 1 aliphatic heterocycles. The van der Waals surface area contributed by atoms with Gasteiger partial charge in [-0.3, -0.25) is 18.9 Å². The summed E-state index contributed by atoms with van der Waals surface area (Å²) < 4.78 is 81.4.